The van der Waals surface area contributed by atoms with Crippen molar-refractivity contribution in [2.75, 3.05) is 19.0 Å². The fourth-order valence-corrected chi connectivity index (χ4v) is 4.25. The predicted molar refractivity (Wildman–Crippen MR) is 125 cm³/mol. The van der Waals surface area contributed by atoms with Crippen molar-refractivity contribution in [3.05, 3.63) is 71.8 Å². The molecule has 1 aromatic heterocycles. The molecule has 1 heterocycles. The molecule has 0 spiro atoms. The Labute approximate surface area is 184 Å². The monoisotopic (exact) mass is 433 g/mol. The van der Waals surface area contributed by atoms with Crippen LogP contribution in [0.4, 0.5) is 5.69 Å². The van der Waals surface area contributed by atoms with Crippen molar-refractivity contribution in [3.8, 4) is 22.1 Å². The van der Waals surface area contributed by atoms with Gasteiger partial charge < -0.3 is 20.5 Å². The summed E-state index contributed by atoms with van der Waals surface area (Å²) in [5, 5.41) is 4.42. The second kappa shape index (κ2) is 9.06. The smallest absolute Gasteiger partial charge is 0.255 e. The van der Waals surface area contributed by atoms with E-state index in [1.807, 2.05) is 24.3 Å². The van der Waals surface area contributed by atoms with Crippen LogP contribution in [0.25, 0.3) is 20.8 Å². The highest BCUT2D eigenvalue weighted by atomic mass is 32.1. The third-order valence-corrected chi connectivity index (χ3v) is 5.84. The molecule has 0 saturated carbocycles. The molecule has 31 heavy (non-hydrogen) atoms. The molecule has 0 radical (unpaired) electrons. The molecule has 0 aliphatic rings. The number of aryl methyl sites for hydroxylation is 1. The minimum atomic E-state index is -0.530. The number of ether oxygens (including phenoxy) is 2. The Morgan fingerprint density at radius 2 is 1.87 bits per heavy atom. The highest BCUT2D eigenvalue weighted by Crippen LogP contribution is 2.32. The van der Waals surface area contributed by atoms with Crippen molar-refractivity contribution in [2.45, 2.75) is 13.5 Å². The third-order valence-electron chi connectivity index (χ3n) is 4.77. The lowest BCUT2D eigenvalue weighted by Gasteiger charge is -2.12. The lowest BCUT2D eigenvalue weighted by Crippen LogP contribution is -2.20. The number of nitrogens with zero attached hydrogens (tertiary/aromatic N) is 1. The Morgan fingerprint density at radius 1 is 1.06 bits per heavy atom. The average Bonchev–Trinajstić information content (AvgIpc) is 3.20. The molecule has 3 N–H and O–H groups in total. The first-order valence-electron chi connectivity index (χ1n) is 9.81. The van der Waals surface area contributed by atoms with Gasteiger partial charge in [-0.05, 0) is 66.6 Å². The number of hydrogen-bond acceptors (Lipinski definition) is 6. The Morgan fingerprint density at radius 3 is 2.61 bits per heavy atom. The molecule has 0 bridgehead atoms. The summed E-state index contributed by atoms with van der Waals surface area (Å²) in [7, 11) is 1.56. The molecule has 158 valence electrons. The van der Waals surface area contributed by atoms with Crippen molar-refractivity contribution in [2.24, 2.45) is 5.73 Å². The lowest BCUT2D eigenvalue weighted by molar-refractivity contribution is -0.119. The maximum absolute atomic E-state index is 10.9. The minimum absolute atomic E-state index is 0.186. The lowest BCUT2D eigenvalue weighted by atomic mass is 10.1. The molecule has 4 rings (SSSR count). The van der Waals surface area contributed by atoms with Gasteiger partial charge in [0.05, 0.1) is 17.3 Å². The summed E-state index contributed by atoms with van der Waals surface area (Å²) < 4.78 is 11.9. The summed E-state index contributed by atoms with van der Waals surface area (Å²) in [6.07, 6.45) is 0. The van der Waals surface area contributed by atoms with Gasteiger partial charge in [0.25, 0.3) is 5.91 Å². The van der Waals surface area contributed by atoms with Gasteiger partial charge >= 0.3 is 0 Å². The van der Waals surface area contributed by atoms with E-state index in [9.17, 15) is 4.79 Å². The number of nitrogens with one attached hydrogen (secondary N) is 1. The summed E-state index contributed by atoms with van der Waals surface area (Å²) in [6.45, 7) is 2.53. The SMILES string of the molecule is COc1cc(CNc2ccc(-c3nc4ccc(C)cc4s3)cc2)ccc1OCC(N)=O. The first-order chi connectivity index (χ1) is 15.0. The summed E-state index contributed by atoms with van der Waals surface area (Å²) >= 11 is 1.71. The second-order valence-corrected chi connectivity index (χ2v) is 8.19. The molecule has 6 nitrogen and oxygen atoms in total. The fraction of sp³-hybridized carbons (Fsp3) is 0.167. The van der Waals surface area contributed by atoms with Gasteiger partial charge in [-0.25, -0.2) is 4.98 Å². The van der Waals surface area contributed by atoms with Crippen molar-refractivity contribution >= 4 is 33.1 Å². The number of aromatic nitrogens is 1. The maximum atomic E-state index is 10.9. The van der Waals surface area contributed by atoms with Crippen LogP contribution in [0.15, 0.2) is 60.7 Å². The average molecular weight is 434 g/mol. The van der Waals surface area contributed by atoms with Crippen LogP contribution in [0.2, 0.25) is 0 Å². The van der Waals surface area contributed by atoms with Gasteiger partial charge in [-0.2, -0.15) is 0 Å². The Kier molecular flexibility index (Phi) is 6.04. The van der Waals surface area contributed by atoms with Crippen LogP contribution in [0, 0.1) is 6.92 Å². The van der Waals surface area contributed by atoms with E-state index >= 15 is 0 Å². The van der Waals surface area contributed by atoms with Crippen molar-refractivity contribution in [3.63, 3.8) is 0 Å². The van der Waals surface area contributed by atoms with Crippen molar-refractivity contribution < 1.29 is 14.3 Å². The number of primary amides is 1. The number of thiazole rings is 1. The quantitative estimate of drug-likeness (QED) is 0.419. The van der Waals surface area contributed by atoms with E-state index in [4.69, 9.17) is 20.2 Å². The molecule has 4 aromatic rings. The summed E-state index contributed by atoms with van der Waals surface area (Å²) in [5.74, 6) is 0.514. The topological polar surface area (TPSA) is 86.5 Å². The second-order valence-electron chi connectivity index (χ2n) is 7.16. The largest absolute Gasteiger partial charge is 0.493 e. The van der Waals surface area contributed by atoms with Gasteiger partial charge in [-0.3, -0.25) is 4.79 Å². The fourth-order valence-electron chi connectivity index (χ4n) is 3.18. The number of hydrogen-bond donors (Lipinski definition) is 2. The van der Waals surface area contributed by atoms with Crippen LogP contribution >= 0.6 is 11.3 Å². The van der Waals surface area contributed by atoms with Crippen molar-refractivity contribution in [1.82, 2.24) is 4.98 Å². The predicted octanol–water partition coefficient (Wildman–Crippen LogP) is 4.76. The van der Waals surface area contributed by atoms with Gasteiger partial charge in [0, 0.05) is 17.8 Å². The maximum Gasteiger partial charge on any atom is 0.255 e. The molecule has 7 heteroatoms. The van der Waals surface area contributed by atoms with Crippen LogP contribution in [0.3, 0.4) is 0 Å². The van der Waals surface area contributed by atoms with E-state index in [0.717, 1.165) is 27.3 Å². The highest BCUT2D eigenvalue weighted by Gasteiger charge is 2.09. The van der Waals surface area contributed by atoms with Crippen LogP contribution in [0.1, 0.15) is 11.1 Å². The molecular formula is C24H23N3O3S. The molecule has 3 aromatic carbocycles. The van der Waals surface area contributed by atoms with Gasteiger partial charge in [-0.15, -0.1) is 11.3 Å². The van der Waals surface area contributed by atoms with Gasteiger partial charge in [0.15, 0.2) is 18.1 Å². The van der Waals surface area contributed by atoms with E-state index in [1.165, 1.54) is 10.3 Å². The highest BCUT2D eigenvalue weighted by molar-refractivity contribution is 7.21. The molecule has 0 aliphatic carbocycles. The number of methoxy groups -OCH3 is 1. The van der Waals surface area contributed by atoms with Crippen molar-refractivity contribution in [1.29, 1.82) is 0 Å². The number of nitrogens with two attached hydrogens (primary N) is 1. The molecular weight excluding hydrogens is 410 g/mol. The van der Waals surface area contributed by atoms with E-state index in [1.54, 1.807) is 24.5 Å². The molecule has 0 fully saturated rings. The third kappa shape index (κ3) is 4.95. The van der Waals surface area contributed by atoms with Crippen LogP contribution in [-0.2, 0) is 11.3 Å². The molecule has 0 atom stereocenters. The zero-order valence-corrected chi connectivity index (χ0v) is 18.2. The van der Waals surface area contributed by atoms with Gasteiger partial charge in [0.2, 0.25) is 0 Å². The van der Waals surface area contributed by atoms with Crippen LogP contribution in [0.5, 0.6) is 11.5 Å². The molecule has 0 saturated heterocycles. The number of rotatable bonds is 8. The van der Waals surface area contributed by atoms with Gasteiger partial charge in [0.1, 0.15) is 5.01 Å². The summed E-state index contributed by atoms with van der Waals surface area (Å²) in [6, 6.07) is 20.2. The number of carbonyl (C=O) groups excluding carboxylic acids is 1. The van der Waals surface area contributed by atoms with Gasteiger partial charge in [-0.1, -0.05) is 12.1 Å². The summed E-state index contributed by atoms with van der Waals surface area (Å²) in [4.78, 5) is 15.7. The van der Waals surface area contributed by atoms with E-state index < -0.39 is 5.91 Å². The molecule has 0 aliphatic heterocycles. The minimum Gasteiger partial charge on any atom is -0.493 e. The first-order valence-corrected chi connectivity index (χ1v) is 10.6. The first kappa shape index (κ1) is 20.7. The van der Waals surface area contributed by atoms with Crippen LogP contribution < -0.4 is 20.5 Å². The molecule has 0 unspecified atom stereocenters. The Hall–Kier alpha value is -3.58. The van der Waals surface area contributed by atoms with E-state index in [-0.39, 0.29) is 6.61 Å². The standard InChI is InChI=1S/C24H23N3O3S/c1-15-3-9-19-22(11-15)31-24(27-19)17-5-7-18(8-6-17)26-13-16-4-10-20(21(12-16)29-2)30-14-23(25)28/h3-12,26H,13-14H2,1-2H3,(H2,25,28). The molecule has 1 amide bonds. The Balaban J connectivity index is 1.42. The normalized spacial score (nSPS) is 10.8. The Bertz CT molecular complexity index is 1220. The number of benzene rings is 3. The number of carbonyl (C=O) groups is 1. The number of anilines is 1. The van der Waals surface area contributed by atoms with E-state index in [0.29, 0.717) is 18.0 Å². The zero-order chi connectivity index (χ0) is 21.8. The summed E-state index contributed by atoms with van der Waals surface area (Å²) in [5.41, 5.74) is 10.5. The van der Waals surface area contributed by atoms with Crippen LogP contribution in [-0.4, -0.2) is 24.6 Å². The number of fused-ring (bicyclic) bond motifs is 1. The van der Waals surface area contributed by atoms with E-state index in [2.05, 4.69) is 42.6 Å². The number of amides is 1. The zero-order valence-electron chi connectivity index (χ0n) is 17.3.